The van der Waals surface area contributed by atoms with E-state index in [9.17, 15) is 14.7 Å². The summed E-state index contributed by atoms with van der Waals surface area (Å²) in [4.78, 5) is 24.6. The number of nitrogens with one attached hydrogen (secondary N) is 2. The van der Waals surface area contributed by atoms with Gasteiger partial charge in [-0.3, -0.25) is 15.0 Å². The number of amides is 3. The van der Waals surface area contributed by atoms with Crippen molar-refractivity contribution in [2.75, 3.05) is 19.6 Å². The Morgan fingerprint density at radius 3 is 2.75 bits per heavy atom. The van der Waals surface area contributed by atoms with Crippen LogP contribution in [0.25, 0.3) is 0 Å². The Morgan fingerprint density at radius 1 is 1.56 bits per heavy atom. The lowest BCUT2D eigenvalue weighted by molar-refractivity contribution is -0.124. The molecule has 0 aromatic heterocycles. The summed E-state index contributed by atoms with van der Waals surface area (Å²) in [5.74, 6) is -0.333. The molecule has 3 N–H and O–H groups in total. The van der Waals surface area contributed by atoms with E-state index in [4.69, 9.17) is 0 Å². The number of carbonyl (C=O) groups is 2. The molecule has 2 atom stereocenters. The highest BCUT2D eigenvalue weighted by molar-refractivity contribution is 5.96. The van der Waals surface area contributed by atoms with Gasteiger partial charge in [0.1, 0.15) is 0 Å². The largest absolute Gasteiger partial charge is 0.392 e. The maximum atomic E-state index is 11.6. The fourth-order valence-corrected chi connectivity index (χ4v) is 1.71. The molecule has 92 valence electrons. The smallest absolute Gasteiger partial charge is 0.321 e. The van der Waals surface area contributed by atoms with Crippen LogP contribution in [0.5, 0.6) is 0 Å². The number of hydrogen-bond donors (Lipinski definition) is 3. The predicted octanol–water partition coefficient (Wildman–Crippen LogP) is -0.713. The monoisotopic (exact) mass is 229 g/mol. The van der Waals surface area contributed by atoms with Gasteiger partial charge in [-0.15, -0.1) is 0 Å². The fraction of sp³-hybridized carbons (Fsp3) is 0.800. The second-order valence-electron chi connectivity index (χ2n) is 3.96. The third-order valence-corrected chi connectivity index (χ3v) is 2.70. The molecule has 6 nitrogen and oxygen atoms in total. The van der Waals surface area contributed by atoms with Crippen LogP contribution >= 0.6 is 0 Å². The number of nitrogens with zero attached hydrogens (tertiary/aromatic N) is 1. The predicted molar refractivity (Wildman–Crippen MR) is 58.9 cm³/mol. The van der Waals surface area contributed by atoms with E-state index in [1.54, 1.807) is 13.8 Å². The van der Waals surface area contributed by atoms with Crippen molar-refractivity contribution in [1.82, 2.24) is 15.5 Å². The summed E-state index contributed by atoms with van der Waals surface area (Å²) in [5, 5.41) is 14.1. The Kier molecular flexibility index (Phi) is 4.70. The van der Waals surface area contributed by atoms with Crippen molar-refractivity contribution >= 4 is 11.9 Å². The molecule has 2 unspecified atom stereocenters. The first-order valence-electron chi connectivity index (χ1n) is 5.55. The van der Waals surface area contributed by atoms with Crippen LogP contribution in [0.4, 0.5) is 4.79 Å². The van der Waals surface area contributed by atoms with Crippen LogP contribution in [-0.4, -0.2) is 53.7 Å². The van der Waals surface area contributed by atoms with Gasteiger partial charge >= 0.3 is 6.03 Å². The van der Waals surface area contributed by atoms with Crippen molar-refractivity contribution in [3.05, 3.63) is 0 Å². The highest BCUT2D eigenvalue weighted by atomic mass is 16.3. The van der Waals surface area contributed by atoms with Crippen molar-refractivity contribution in [1.29, 1.82) is 0 Å². The summed E-state index contributed by atoms with van der Waals surface area (Å²) >= 11 is 0. The lowest BCUT2D eigenvalue weighted by atomic mass is 10.3. The maximum absolute atomic E-state index is 11.6. The number of β-amino-alcohol motifs (C(OH)–C–C–N with tert-alkyl or cyclic N) is 1. The van der Waals surface area contributed by atoms with Gasteiger partial charge in [0.2, 0.25) is 5.91 Å². The second-order valence-corrected chi connectivity index (χ2v) is 3.96. The van der Waals surface area contributed by atoms with E-state index in [0.717, 1.165) is 0 Å². The standard InChI is InChI=1S/C10H19N3O3/c1-3-11-10(16)12-9(15)7(2)13-5-4-8(14)6-13/h7-8,14H,3-6H2,1-2H3,(H2,11,12,15,16). The molecule has 6 heteroatoms. The molecule has 0 aromatic carbocycles. The third kappa shape index (κ3) is 3.46. The zero-order chi connectivity index (χ0) is 12.1. The van der Waals surface area contributed by atoms with Crippen LogP contribution in [0.3, 0.4) is 0 Å². The number of carbonyl (C=O) groups excluding carboxylic acids is 2. The van der Waals surface area contributed by atoms with Crippen LogP contribution in [-0.2, 0) is 4.79 Å². The van der Waals surface area contributed by atoms with Gasteiger partial charge < -0.3 is 10.4 Å². The molecule has 0 spiro atoms. The summed E-state index contributed by atoms with van der Waals surface area (Å²) in [7, 11) is 0. The first-order chi connectivity index (χ1) is 7.54. The van der Waals surface area contributed by atoms with E-state index in [-0.39, 0.29) is 18.1 Å². The van der Waals surface area contributed by atoms with E-state index in [1.165, 1.54) is 0 Å². The van der Waals surface area contributed by atoms with Gasteiger partial charge in [-0.25, -0.2) is 4.79 Å². The summed E-state index contributed by atoms with van der Waals surface area (Å²) < 4.78 is 0. The van der Waals surface area contributed by atoms with Crippen molar-refractivity contribution in [3.8, 4) is 0 Å². The number of aliphatic hydroxyl groups excluding tert-OH is 1. The minimum atomic E-state index is -0.473. The molecule has 1 saturated heterocycles. The zero-order valence-electron chi connectivity index (χ0n) is 9.69. The Morgan fingerprint density at radius 2 is 2.25 bits per heavy atom. The fourth-order valence-electron chi connectivity index (χ4n) is 1.71. The van der Waals surface area contributed by atoms with Gasteiger partial charge in [-0.05, 0) is 20.3 Å². The first-order valence-corrected chi connectivity index (χ1v) is 5.55. The first kappa shape index (κ1) is 12.9. The van der Waals surface area contributed by atoms with E-state index < -0.39 is 6.03 Å². The van der Waals surface area contributed by atoms with Crippen molar-refractivity contribution in [3.63, 3.8) is 0 Å². The molecular formula is C10H19N3O3. The number of aliphatic hydroxyl groups is 1. The van der Waals surface area contributed by atoms with E-state index in [2.05, 4.69) is 10.6 Å². The molecule has 0 bridgehead atoms. The van der Waals surface area contributed by atoms with Crippen LogP contribution < -0.4 is 10.6 Å². The number of hydrogen-bond acceptors (Lipinski definition) is 4. The van der Waals surface area contributed by atoms with Gasteiger partial charge in [-0.1, -0.05) is 0 Å². The average molecular weight is 229 g/mol. The quantitative estimate of drug-likeness (QED) is 0.597. The topological polar surface area (TPSA) is 81.7 Å². The van der Waals surface area contributed by atoms with Crippen LogP contribution in [0.2, 0.25) is 0 Å². The molecule has 16 heavy (non-hydrogen) atoms. The Hall–Kier alpha value is -1.14. The minimum absolute atomic E-state index is 0.333. The molecule has 0 saturated carbocycles. The van der Waals surface area contributed by atoms with E-state index in [0.29, 0.717) is 26.1 Å². The molecular weight excluding hydrogens is 210 g/mol. The Balaban J connectivity index is 2.38. The highest BCUT2D eigenvalue weighted by Gasteiger charge is 2.28. The number of imide groups is 1. The summed E-state index contributed by atoms with van der Waals surface area (Å²) in [6, 6.07) is -0.862. The van der Waals surface area contributed by atoms with Gasteiger partial charge in [0.15, 0.2) is 0 Å². The zero-order valence-corrected chi connectivity index (χ0v) is 9.69. The normalized spacial score (nSPS) is 22.8. The lowest BCUT2D eigenvalue weighted by Gasteiger charge is -2.22. The van der Waals surface area contributed by atoms with Gasteiger partial charge in [0.25, 0.3) is 0 Å². The minimum Gasteiger partial charge on any atom is -0.392 e. The number of rotatable bonds is 3. The van der Waals surface area contributed by atoms with Crippen LogP contribution in [0, 0.1) is 0 Å². The molecule has 0 radical (unpaired) electrons. The highest BCUT2D eigenvalue weighted by Crippen LogP contribution is 2.12. The molecule has 1 heterocycles. The van der Waals surface area contributed by atoms with Crippen LogP contribution in [0.15, 0.2) is 0 Å². The molecule has 1 rings (SSSR count). The molecule has 0 aliphatic carbocycles. The number of likely N-dealkylation sites (tertiary alicyclic amines) is 1. The Labute approximate surface area is 95.0 Å². The van der Waals surface area contributed by atoms with Gasteiger partial charge in [0, 0.05) is 19.6 Å². The van der Waals surface area contributed by atoms with E-state index in [1.807, 2.05) is 4.90 Å². The van der Waals surface area contributed by atoms with E-state index >= 15 is 0 Å². The molecule has 1 fully saturated rings. The van der Waals surface area contributed by atoms with Gasteiger partial charge in [-0.2, -0.15) is 0 Å². The van der Waals surface area contributed by atoms with Crippen molar-refractivity contribution in [2.24, 2.45) is 0 Å². The average Bonchev–Trinajstić information content (AvgIpc) is 2.64. The lowest BCUT2D eigenvalue weighted by Crippen LogP contribution is -2.49. The van der Waals surface area contributed by atoms with Gasteiger partial charge in [0.05, 0.1) is 12.1 Å². The summed E-state index contributed by atoms with van der Waals surface area (Å²) in [6.07, 6.45) is 0.318. The number of urea groups is 1. The molecule has 0 aromatic rings. The SMILES string of the molecule is CCNC(=O)NC(=O)C(C)N1CCC(O)C1. The molecule has 3 amide bonds. The van der Waals surface area contributed by atoms with Crippen molar-refractivity contribution in [2.45, 2.75) is 32.4 Å². The summed E-state index contributed by atoms with van der Waals surface area (Å²) in [5.41, 5.74) is 0. The summed E-state index contributed by atoms with van der Waals surface area (Å²) in [6.45, 7) is 5.17. The maximum Gasteiger partial charge on any atom is 0.321 e. The molecule has 1 aliphatic rings. The van der Waals surface area contributed by atoms with Crippen molar-refractivity contribution < 1.29 is 14.7 Å². The van der Waals surface area contributed by atoms with Crippen LogP contribution in [0.1, 0.15) is 20.3 Å². The Bertz CT molecular complexity index is 270. The second kappa shape index (κ2) is 5.81. The third-order valence-electron chi connectivity index (χ3n) is 2.70. The molecule has 1 aliphatic heterocycles.